The Balaban J connectivity index is 2.42. The minimum absolute atomic E-state index is 0.00405. The van der Waals surface area contributed by atoms with Crippen molar-refractivity contribution in [1.82, 2.24) is 4.90 Å². The maximum atomic E-state index is 12.2. The average Bonchev–Trinajstić information content (AvgIpc) is 2.84. The van der Waals surface area contributed by atoms with Crippen LogP contribution >= 0.6 is 23.1 Å². The second-order valence-corrected chi connectivity index (χ2v) is 9.88. The Labute approximate surface area is 136 Å². The highest BCUT2D eigenvalue weighted by Gasteiger charge is 2.39. The fourth-order valence-corrected chi connectivity index (χ4v) is 6.81. The highest BCUT2D eigenvalue weighted by Crippen LogP contribution is 2.36. The molecule has 21 heavy (non-hydrogen) atoms. The van der Waals surface area contributed by atoms with Gasteiger partial charge in [0.05, 0.1) is 6.04 Å². The maximum Gasteiger partial charge on any atom is 0.164 e. The van der Waals surface area contributed by atoms with Gasteiger partial charge in [-0.3, -0.25) is 4.90 Å². The van der Waals surface area contributed by atoms with Crippen molar-refractivity contribution in [2.75, 3.05) is 24.3 Å². The van der Waals surface area contributed by atoms with Gasteiger partial charge in [0, 0.05) is 35.2 Å². The van der Waals surface area contributed by atoms with Gasteiger partial charge in [0.1, 0.15) is 5.37 Å². The van der Waals surface area contributed by atoms with E-state index in [1.165, 1.54) is 16.7 Å². The molecule has 1 aliphatic rings. The number of thiophene rings is 1. The van der Waals surface area contributed by atoms with Crippen molar-refractivity contribution in [3.05, 3.63) is 21.9 Å². The van der Waals surface area contributed by atoms with Crippen LogP contribution in [0.15, 0.2) is 11.4 Å². The van der Waals surface area contributed by atoms with Gasteiger partial charge in [0.2, 0.25) is 0 Å². The summed E-state index contributed by atoms with van der Waals surface area (Å²) in [5, 5.41) is 1.63. The molecular weight excluding hydrogens is 324 g/mol. The van der Waals surface area contributed by atoms with Crippen LogP contribution in [0.1, 0.15) is 29.8 Å². The minimum atomic E-state index is -3.11. The Bertz CT molecular complexity index is 571. The Morgan fingerprint density at radius 2 is 2.24 bits per heavy atom. The lowest BCUT2D eigenvalue weighted by atomic mass is 10.0. The highest BCUT2D eigenvalue weighted by molar-refractivity contribution is 8.00. The van der Waals surface area contributed by atoms with E-state index in [1.54, 1.807) is 23.1 Å². The predicted octanol–water partition coefficient (Wildman–Crippen LogP) is 2.25. The molecule has 0 amide bonds. The molecule has 0 bridgehead atoms. The number of nitrogens with two attached hydrogens (primary N) is 1. The topological polar surface area (TPSA) is 63.4 Å². The molecule has 0 spiro atoms. The summed E-state index contributed by atoms with van der Waals surface area (Å²) >= 11 is 3.40. The van der Waals surface area contributed by atoms with Crippen molar-refractivity contribution in [2.24, 2.45) is 5.73 Å². The molecule has 1 aromatic heterocycles. The third kappa shape index (κ3) is 3.82. The van der Waals surface area contributed by atoms with E-state index in [1.807, 2.05) is 0 Å². The summed E-state index contributed by atoms with van der Waals surface area (Å²) < 4.78 is 24.3. The Morgan fingerprint density at radius 3 is 2.76 bits per heavy atom. The molecule has 3 atom stereocenters. The van der Waals surface area contributed by atoms with Crippen molar-refractivity contribution >= 4 is 32.9 Å². The summed E-state index contributed by atoms with van der Waals surface area (Å²) in [4.78, 5) is 3.34. The number of hydrogen-bond acceptors (Lipinski definition) is 6. The SMILES string of the molecule is CCC(N)C(c1sccc1C)N1CCSCC1S(C)(=O)=O. The van der Waals surface area contributed by atoms with Crippen LogP contribution < -0.4 is 5.73 Å². The van der Waals surface area contributed by atoms with Crippen molar-refractivity contribution in [3.8, 4) is 0 Å². The summed E-state index contributed by atoms with van der Waals surface area (Å²) in [7, 11) is -3.11. The first kappa shape index (κ1) is 17.3. The second kappa shape index (κ2) is 7.00. The molecule has 7 heteroatoms. The minimum Gasteiger partial charge on any atom is -0.326 e. The van der Waals surface area contributed by atoms with Gasteiger partial charge in [-0.1, -0.05) is 6.92 Å². The predicted molar refractivity (Wildman–Crippen MR) is 92.7 cm³/mol. The first-order chi connectivity index (χ1) is 9.86. The lowest BCUT2D eigenvalue weighted by Crippen LogP contribution is -2.52. The maximum absolute atomic E-state index is 12.2. The van der Waals surface area contributed by atoms with E-state index in [0.717, 1.165) is 18.7 Å². The second-order valence-electron chi connectivity index (χ2n) is 5.58. The third-order valence-corrected chi connectivity index (χ3v) is 7.77. The van der Waals surface area contributed by atoms with Gasteiger partial charge in [-0.2, -0.15) is 11.8 Å². The number of hydrogen-bond donors (Lipinski definition) is 1. The number of nitrogens with zero attached hydrogens (tertiary/aromatic N) is 1. The van der Waals surface area contributed by atoms with Crippen molar-refractivity contribution < 1.29 is 8.42 Å². The molecule has 120 valence electrons. The Hall–Kier alpha value is -0.0800. The monoisotopic (exact) mass is 348 g/mol. The van der Waals surface area contributed by atoms with E-state index in [-0.39, 0.29) is 12.1 Å². The summed E-state index contributed by atoms with van der Waals surface area (Å²) in [6.45, 7) is 4.92. The standard InChI is InChI=1S/C14H24N2O2S3/c1-4-11(15)13(14-10(2)5-7-20-14)16-6-8-19-9-12(16)21(3,17)18/h5,7,11-13H,4,6,8-9,15H2,1-3H3. The third-order valence-electron chi connectivity index (χ3n) is 4.02. The van der Waals surface area contributed by atoms with Gasteiger partial charge < -0.3 is 5.73 Å². The number of aryl methyl sites for hydroxylation is 1. The summed E-state index contributed by atoms with van der Waals surface area (Å²) in [6, 6.07) is 2.04. The van der Waals surface area contributed by atoms with E-state index in [9.17, 15) is 8.42 Å². The van der Waals surface area contributed by atoms with E-state index in [0.29, 0.717) is 5.75 Å². The first-order valence-corrected chi connectivity index (χ1v) is 11.2. The summed E-state index contributed by atoms with van der Waals surface area (Å²) in [5.41, 5.74) is 7.58. The van der Waals surface area contributed by atoms with Gasteiger partial charge in [-0.05, 0) is 30.4 Å². The van der Waals surface area contributed by atoms with Crippen molar-refractivity contribution in [1.29, 1.82) is 0 Å². The average molecular weight is 349 g/mol. The fourth-order valence-electron chi connectivity index (χ4n) is 2.78. The number of thioether (sulfide) groups is 1. The molecule has 0 saturated carbocycles. The molecule has 1 fully saturated rings. The van der Waals surface area contributed by atoms with Crippen LogP contribution in [0, 0.1) is 6.92 Å². The molecule has 0 radical (unpaired) electrons. The number of sulfone groups is 1. The molecule has 2 N–H and O–H groups in total. The van der Waals surface area contributed by atoms with Crippen molar-refractivity contribution in [2.45, 2.75) is 37.7 Å². The Kier molecular flexibility index (Phi) is 5.76. The fraction of sp³-hybridized carbons (Fsp3) is 0.714. The van der Waals surface area contributed by atoms with Crippen LogP contribution in [0.3, 0.4) is 0 Å². The zero-order valence-electron chi connectivity index (χ0n) is 12.8. The molecule has 2 rings (SSSR count). The molecule has 1 aromatic rings. The van der Waals surface area contributed by atoms with Gasteiger partial charge in [0.25, 0.3) is 0 Å². The first-order valence-electron chi connectivity index (χ1n) is 7.18. The molecule has 2 heterocycles. The van der Waals surface area contributed by atoms with Gasteiger partial charge in [-0.25, -0.2) is 8.42 Å². The number of rotatable bonds is 5. The quantitative estimate of drug-likeness (QED) is 0.884. The van der Waals surface area contributed by atoms with E-state index in [2.05, 4.69) is 30.2 Å². The van der Waals surface area contributed by atoms with Gasteiger partial charge in [-0.15, -0.1) is 11.3 Å². The summed E-state index contributed by atoms with van der Waals surface area (Å²) in [6.07, 6.45) is 2.18. The lowest BCUT2D eigenvalue weighted by molar-refractivity contribution is 0.167. The molecule has 0 aliphatic carbocycles. The van der Waals surface area contributed by atoms with E-state index < -0.39 is 15.2 Å². The van der Waals surface area contributed by atoms with Crippen LogP contribution in [0.5, 0.6) is 0 Å². The molecule has 4 nitrogen and oxygen atoms in total. The van der Waals surface area contributed by atoms with Gasteiger partial charge in [0.15, 0.2) is 9.84 Å². The highest BCUT2D eigenvalue weighted by atomic mass is 32.2. The van der Waals surface area contributed by atoms with E-state index >= 15 is 0 Å². The van der Waals surface area contributed by atoms with Crippen molar-refractivity contribution in [3.63, 3.8) is 0 Å². The molecule has 1 aliphatic heterocycles. The lowest BCUT2D eigenvalue weighted by Gasteiger charge is -2.42. The summed E-state index contributed by atoms with van der Waals surface area (Å²) in [5.74, 6) is 1.60. The van der Waals surface area contributed by atoms with E-state index in [4.69, 9.17) is 5.73 Å². The van der Waals surface area contributed by atoms with Crippen LogP contribution in [0.2, 0.25) is 0 Å². The van der Waals surface area contributed by atoms with Crippen LogP contribution in [-0.4, -0.2) is 49.0 Å². The zero-order valence-corrected chi connectivity index (χ0v) is 15.2. The molecule has 0 aromatic carbocycles. The largest absolute Gasteiger partial charge is 0.326 e. The molecule has 1 saturated heterocycles. The van der Waals surface area contributed by atoms with Gasteiger partial charge >= 0.3 is 0 Å². The molecular formula is C14H24N2O2S3. The normalized spacial score (nSPS) is 23.9. The molecule has 3 unspecified atom stereocenters. The van der Waals surface area contributed by atoms with Crippen LogP contribution in [-0.2, 0) is 9.84 Å². The van der Waals surface area contributed by atoms with Crippen LogP contribution in [0.25, 0.3) is 0 Å². The van der Waals surface area contributed by atoms with Crippen LogP contribution in [0.4, 0.5) is 0 Å². The smallest absolute Gasteiger partial charge is 0.164 e. The zero-order chi connectivity index (χ0) is 15.6. The Morgan fingerprint density at radius 1 is 1.52 bits per heavy atom.